The third-order valence-corrected chi connectivity index (χ3v) is 2.59. The van der Waals surface area contributed by atoms with Gasteiger partial charge in [0.15, 0.2) is 0 Å². The minimum Gasteiger partial charge on any atom is -0.396 e. The van der Waals surface area contributed by atoms with Crippen LogP contribution in [0.5, 0.6) is 0 Å². The second kappa shape index (κ2) is 4.80. The Morgan fingerprint density at radius 1 is 1.33 bits per heavy atom. The van der Waals surface area contributed by atoms with Crippen molar-refractivity contribution in [2.24, 2.45) is 5.92 Å². The zero-order valence-corrected chi connectivity index (χ0v) is 8.16. The van der Waals surface area contributed by atoms with E-state index in [0.29, 0.717) is 12.5 Å². The third-order valence-electron chi connectivity index (χ3n) is 2.59. The Hall–Kier alpha value is -0.120. The summed E-state index contributed by atoms with van der Waals surface area (Å²) in [5.74, 6) is 0.442. The molecule has 0 aliphatic carbocycles. The Morgan fingerprint density at radius 2 is 2.08 bits per heavy atom. The summed E-state index contributed by atoms with van der Waals surface area (Å²) in [5, 5.41) is 9.09. The molecule has 1 rings (SSSR count). The number of nitrogens with zero attached hydrogens (tertiary/aromatic N) is 2. The molecule has 1 aliphatic heterocycles. The fourth-order valence-corrected chi connectivity index (χ4v) is 1.76. The average Bonchev–Trinajstić information content (AvgIpc) is 2.26. The van der Waals surface area contributed by atoms with E-state index >= 15 is 0 Å². The monoisotopic (exact) mass is 172 g/mol. The smallest absolute Gasteiger partial charge is 0.0483 e. The van der Waals surface area contributed by atoms with Crippen LogP contribution in [0.4, 0.5) is 0 Å². The predicted octanol–water partition coefficient (Wildman–Crippen LogP) is -0.138. The predicted molar refractivity (Wildman–Crippen MR) is 50.2 cm³/mol. The second-order valence-electron chi connectivity index (χ2n) is 3.70. The minimum absolute atomic E-state index is 0.320. The number of rotatable bonds is 2. The van der Waals surface area contributed by atoms with Crippen LogP contribution < -0.4 is 0 Å². The van der Waals surface area contributed by atoms with Crippen molar-refractivity contribution in [1.82, 2.24) is 9.80 Å². The summed E-state index contributed by atoms with van der Waals surface area (Å²) in [4.78, 5) is 4.71. The zero-order chi connectivity index (χ0) is 8.97. The highest BCUT2D eigenvalue weighted by molar-refractivity contribution is 4.73. The maximum atomic E-state index is 9.09. The zero-order valence-electron chi connectivity index (χ0n) is 8.16. The summed E-state index contributed by atoms with van der Waals surface area (Å²) < 4.78 is 0. The molecule has 0 aromatic heterocycles. The van der Waals surface area contributed by atoms with Gasteiger partial charge in [-0.2, -0.15) is 0 Å². The molecule has 3 nitrogen and oxygen atoms in total. The van der Waals surface area contributed by atoms with Crippen LogP contribution in [0.3, 0.4) is 0 Å². The fourth-order valence-electron chi connectivity index (χ4n) is 1.76. The fraction of sp³-hybridized carbons (Fsp3) is 1.00. The van der Waals surface area contributed by atoms with E-state index in [1.807, 2.05) is 0 Å². The Labute approximate surface area is 75.0 Å². The van der Waals surface area contributed by atoms with Gasteiger partial charge >= 0.3 is 0 Å². The summed E-state index contributed by atoms with van der Waals surface area (Å²) in [6.07, 6.45) is 0. The lowest BCUT2D eigenvalue weighted by Crippen LogP contribution is -2.31. The first-order valence-corrected chi connectivity index (χ1v) is 4.78. The normalized spacial score (nSPS) is 28.8. The molecular formula is C9H20N2O. The van der Waals surface area contributed by atoms with Crippen molar-refractivity contribution in [3.05, 3.63) is 0 Å². The van der Waals surface area contributed by atoms with Gasteiger partial charge in [0.05, 0.1) is 0 Å². The number of hydrogen-bond acceptors (Lipinski definition) is 3. The van der Waals surface area contributed by atoms with Crippen molar-refractivity contribution >= 4 is 0 Å². The van der Waals surface area contributed by atoms with Gasteiger partial charge in [0.1, 0.15) is 0 Å². The van der Waals surface area contributed by atoms with E-state index < -0.39 is 0 Å². The Balaban J connectivity index is 2.43. The molecule has 1 aliphatic rings. The molecule has 0 spiro atoms. The summed E-state index contributed by atoms with van der Waals surface area (Å²) in [6, 6.07) is 0. The highest BCUT2D eigenvalue weighted by atomic mass is 16.3. The van der Waals surface area contributed by atoms with E-state index in [-0.39, 0.29) is 0 Å². The van der Waals surface area contributed by atoms with E-state index in [4.69, 9.17) is 5.11 Å². The summed E-state index contributed by atoms with van der Waals surface area (Å²) in [7, 11) is 2.13. The highest BCUT2D eigenvalue weighted by Crippen LogP contribution is 2.06. The number of hydrogen-bond donors (Lipinski definition) is 1. The first kappa shape index (κ1) is 9.96. The van der Waals surface area contributed by atoms with Crippen LogP contribution in [-0.4, -0.2) is 61.3 Å². The van der Waals surface area contributed by atoms with Crippen LogP contribution in [0.1, 0.15) is 6.92 Å². The molecule has 72 valence electrons. The van der Waals surface area contributed by atoms with Gasteiger partial charge in [-0.25, -0.2) is 0 Å². The van der Waals surface area contributed by atoms with Crippen molar-refractivity contribution in [3.63, 3.8) is 0 Å². The molecule has 0 amide bonds. The topological polar surface area (TPSA) is 26.7 Å². The van der Waals surface area contributed by atoms with Gasteiger partial charge in [-0.3, -0.25) is 0 Å². The second-order valence-corrected chi connectivity index (χ2v) is 3.70. The van der Waals surface area contributed by atoms with E-state index in [0.717, 1.165) is 32.7 Å². The van der Waals surface area contributed by atoms with Crippen molar-refractivity contribution in [3.8, 4) is 0 Å². The standard InChI is InChI=1S/C9H20N2O/c1-3-11-5-4-10(2)6-9(7-11)8-12/h9,12H,3-8H2,1-2H3. The molecule has 3 heteroatoms. The lowest BCUT2D eigenvalue weighted by atomic mass is 10.1. The molecule has 0 saturated carbocycles. The van der Waals surface area contributed by atoms with Crippen molar-refractivity contribution in [2.45, 2.75) is 6.92 Å². The van der Waals surface area contributed by atoms with Crippen LogP contribution in [0.15, 0.2) is 0 Å². The maximum absolute atomic E-state index is 9.09. The van der Waals surface area contributed by atoms with Gasteiger partial charge in [0.25, 0.3) is 0 Å². The lowest BCUT2D eigenvalue weighted by molar-refractivity contribution is 0.173. The van der Waals surface area contributed by atoms with Gasteiger partial charge in [-0.15, -0.1) is 0 Å². The molecule has 12 heavy (non-hydrogen) atoms. The van der Waals surface area contributed by atoms with Crippen LogP contribution in [0, 0.1) is 5.92 Å². The van der Waals surface area contributed by atoms with E-state index in [1.165, 1.54) is 0 Å². The van der Waals surface area contributed by atoms with Crippen LogP contribution >= 0.6 is 0 Å². The van der Waals surface area contributed by atoms with Crippen LogP contribution in [0.25, 0.3) is 0 Å². The summed E-state index contributed by atoms with van der Waals surface area (Å²) >= 11 is 0. The lowest BCUT2D eigenvalue weighted by Gasteiger charge is -2.20. The van der Waals surface area contributed by atoms with Gasteiger partial charge < -0.3 is 14.9 Å². The Kier molecular flexibility index (Phi) is 3.98. The van der Waals surface area contributed by atoms with Gasteiger partial charge in [-0.05, 0) is 13.6 Å². The van der Waals surface area contributed by atoms with Crippen LogP contribution in [-0.2, 0) is 0 Å². The molecule has 1 N–H and O–H groups in total. The van der Waals surface area contributed by atoms with Gasteiger partial charge in [-0.1, -0.05) is 6.92 Å². The van der Waals surface area contributed by atoms with E-state index in [2.05, 4.69) is 23.8 Å². The molecule has 1 saturated heterocycles. The summed E-state index contributed by atoms with van der Waals surface area (Å²) in [6.45, 7) is 7.96. The number of aliphatic hydroxyl groups is 1. The first-order valence-electron chi connectivity index (χ1n) is 4.78. The van der Waals surface area contributed by atoms with Crippen molar-refractivity contribution in [2.75, 3.05) is 46.4 Å². The molecule has 0 radical (unpaired) electrons. The molecule has 1 heterocycles. The van der Waals surface area contributed by atoms with Crippen LogP contribution in [0.2, 0.25) is 0 Å². The third kappa shape index (κ3) is 2.73. The Bertz CT molecular complexity index is 130. The molecule has 0 aromatic rings. The molecule has 0 bridgehead atoms. The Morgan fingerprint density at radius 3 is 2.67 bits per heavy atom. The molecular weight excluding hydrogens is 152 g/mol. The minimum atomic E-state index is 0.320. The maximum Gasteiger partial charge on any atom is 0.0483 e. The highest BCUT2D eigenvalue weighted by Gasteiger charge is 2.18. The van der Waals surface area contributed by atoms with Gasteiger partial charge in [0, 0.05) is 38.7 Å². The SMILES string of the molecule is CCN1CCN(C)CC(CO)C1. The quantitative estimate of drug-likeness (QED) is 0.628. The summed E-state index contributed by atoms with van der Waals surface area (Å²) in [5.41, 5.74) is 0. The molecule has 1 unspecified atom stereocenters. The number of likely N-dealkylation sites (N-methyl/N-ethyl adjacent to an activating group) is 2. The largest absolute Gasteiger partial charge is 0.396 e. The van der Waals surface area contributed by atoms with Gasteiger partial charge in [0.2, 0.25) is 0 Å². The molecule has 0 aromatic carbocycles. The van der Waals surface area contributed by atoms with E-state index in [9.17, 15) is 0 Å². The average molecular weight is 172 g/mol. The molecule has 1 fully saturated rings. The van der Waals surface area contributed by atoms with E-state index in [1.54, 1.807) is 0 Å². The van der Waals surface area contributed by atoms with Crippen molar-refractivity contribution in [1.29, 1.82) is 0 Å². The van der Waals surface area contributed by atoms with Crippen molar-refractivity contribution < 1.29 is 5.11 Å². The molecule has 1 atom stereocenters. The number of aliphatic hydroxyl groups excluding tert-OH is 1. The first-order chi connectivity index (χ1) is 5.76.